The summed E-state index contributed by atoms with van der Waals surface area (Å²) in [5.74, 6) is 0. The maximum Gasteiger partial charge on any atom is 0.283 e. The topological polar surface area (TPSA) is 101 Å². The van der Waals surface area contributed by atoms with Crippen molar-refractivity contribution in [2.24, 2.45) is 0 Å². The molecule has 7 nitrogen and oxygen atoms in total. The molecule has 1 rings (SSSR count). The maximum atomic E-state index is 11.2. The fraction of sp³-hybridized carbons (Fsp3) is 0.500. The largest absolute Gasteiger partial charge is 0.311 e. The molecule has 0 saturated carbocycles. The minimum Gasteiger partial charge on any atom is -0.311 e. The van der Waals surface area contributed by atoms with Gasteiger partial charge in [0, 0.05) is 24.7 Å². The van der Waals surface area contributed by atoms with Gasteiger partial charge in [-0.3, -0.25) is 10.1 Å². The molecular weight excluding hydrogens is 362 g/mol. The number of hydrogen-bond donors (Lipinski definition) is 2. The predicted molar refractivity (Wildman–Crippen MR) is 84.6 cm³/mol. The van der Waals surface area contributed by atoms with E-state index in [1.165, 1.54) is 6.07 Å². The molecule has 0 saturated heterocycles. The van der Waals surface area contributed by atoms with E-state index in [0.717, 1.165) is 11.8 Å². The van der Waals surface area contributed by atoms with E-state index in [1.54, 1.807) is 26.0 Å². The summed E-state index contributed by atoms with van der Waals surface area (Å²) in [6, 6.07) is 4.87. The standard InChI is InChI=1S/C12H18BrN3O4S/c1-12(2,15-21(3,19)20)8-14-7-9-4-5-10(13)11(6-9)16(17)18/h4-6,14-15H,7-8H2,1-3H3. The molecule has 0 aliphatic rings. The van der Waals surface area contributed by atoms with Crippen LogP contribution in [0.15, 0.2) is 22.7 Å². The Balaban J connectivity index is 2.64. The van der Waals surface area contributed by atoms with Gasteiger partial charge in [-0.15, -0.1) is 0 Å². The van der Waals surface area contributed by atoms with Gasteiger partial charge in [0.05, 0.1) is 15.7 Å². The van der Waals surface area contributed by atoms with Crippen LogP contribution in [-0.4, -0.2) is 31.7 Å². The van der Waals surface area contributed by atoms with Gasteiger partial charge in [-0.2, -0.15) is 0 Å². The molecule has 0 atom stereocenters. The maximum absolute atomic E-state index is 11.2. The van der Waals surface area contributed by atoms with Crippen molar-refractivity contribution in [1.82, 2.24) is 10.0 Å². The first-order valence-corrected chi connectivity index (χ1v) is 8.81. The summed E-state index contributed by atoms with van der Waals surface area (Å²) in [5, 5.41) is 13.9. The van der Waals surface area contributed by atoms with E-state index in [2.05, 4.69) is 26.0 Å². The van der Waals surface area contributed by atoms with Crippen molar-refractivity contribution in [3.8, 4) is 0 Å². The van der Waals surface area contributed by atoms with E-state index in [0.29, 0.717) is 17.6 Å². The highest BCUT2D eigenvalue weighted by atomic mass is 79.9. The molecule has 21 heavy (non-hydrogen) atoms. The SMILES string of the molecule is CC(C)(CNCc1ccc(Br)c([N+](=O)[O-])c1)NS(C)(=O)=O. The molecule has 0 aromatic heterocycles. The van der Waals surface area contributed by atoms with Gasteiger partial charge >= 0.3 is 0 Å². The second-order valence-corrected chi connectivity index (χ2v) is 8.01. The zero-order chi connectivity index (χ0) is 16.3. The average Bonchev–Trinajstić information content (AvgIpc) is 2.27. The van der Waals surface area contributed by atoms with Gasteiger partial charge < -0.3 is 5.32 Å². The normalized spacial score (nSPS) is 12.4. The molecule has 2 N–H and O–H groups in total. The van der Waals surface area contributed by atoms with Crippen LogP contribution in [0.2, 0.25) is 0 Å². The quantitative estimate of drug-likeness (QED) is 0.555. The predicted octanol–water partition coefficient (Wildman–Crippen LogP) is 1.77. The smallest absolute Gasteiger partial charge is 0.283 e. The Morgan fingerprint density at radius 1 is 1.38 bits per heavy atom. The number of hydrogen-bond acceptors (Lipinski definition) is 5. The first-order chi connectivity index (χ1) is 9.50. The lowest BCUT2D eigenvalue weighted by atomic mass is 10.1. The Morgan fingerprint density at radius 2 is 2.00 bits per heavy atom. The summed E-state index contributed by atoms with van der Waals surface area (Å²) in [7, 11) is -3.29. The lowest BCUT2D eigenvalue weighted by molar-refractivity contribution is -0.385. The molecule has 0 amide bonds. The van der Waals surface area contributed by atoms with E-state index in [1.807, 2.05) is 0 Å². The van der Waals surface area contributed by atoms with E-state index >= 15 is 0 Å². The summed E-state index contributed by atoms with van der Waals surface area (Å²) in [6.07, 6.45) is 1.10. The number of sulfonamides is 1. The number of nitrogens with zero attached hydrogens (tertiary/aromatic N) is 1. The van der Waals surface area contributed by atoms with Crippen LogP contribution in [-0.2, 0) is 16.6 Å². The summed E-state index contributed by atoms with van der Waals surface area (Å²) >= 11 is 3.13. The van der Waals surface area contributed by atoms with E-state index < -0.39 is 20.5 Å². The van der Waals surface area contributed by atoms with Crippen molar-refractivity contribution in [2.45, 2.75) is 25.9 Å². The monoisotopic (exact) mass is 379 g/mol. The van der Waals surface area contributed by atoms with Crippen molar-refractivity contribution in [3.05, 3.63) is 38.3 Å². The Bertz CT molecular complexity index is 631. The van der Waals surface area contributed by atoms with Gasteiger partial charge in [-0.05, 0) is 41.4 Å². The van der Waals surface area contributed by atoms with Gasteiger partial charge in [-0.1, -0.05) is 6.07 Å². The van der Waals surface area contributed by atoms with Crippen molar-refractivity contribution >= 4 is 31.6 Å². The van der Waals surface area contributed by atoms with E-state index in [9.17, 15) is 18.5 Å². The Kier molecular flexibility index (Phi) is 5.85. The molecule has 1 aromatic rings. The fourth-order valence-electron chi connectivity index (χ4n) is 1.87. The third-order valence-electron chi connectivity index (χ3n) is 2.56. The highest BCUT2D eigenvalue weighted by Crippen LogP contribution is 2.25. The molecule has 0 bridgehead atoms. The second-order valence-electron chi connectivity index (χ2n) is 5.40. The zero-order valence-electron chi connectivity index (χ0n) is 12.0. The van der Waals surface area contributed by atoms with E-state index in [4.69, 9.17) is 0 Å². The number of halogens is 1. The Labute approximate surface area is 132 Å². The number of rotatable bonds is 7. The molecule has 0 unspecified atom stereocenters. The Hall–Kier alpha value is -1.03. The van der Waals surface area contributed by atoms with Crippen LogP contribution >= 0.6 is 15.9 Å². The number of nitro groups is 1. The first kappa shape index (κ1) is 18.0. The molecule has 0 aliphatic heterocycles. The molecule has 0 heterocycles. The molecule has 118 valence electrons. The minimum atomic E-state index is -3.29. The fourth-order valence-corrected chi connectivity index (χ4v) is 3.33. The van der Waals surface area contributed by atoms with E-state index in [-0.39, 0.29) is 5.69 Å². The molecule has 0 radical (unpaired) electrons. The summed E-state index contributed by atoms with van der Waals surface area (Å²) in [6.45, 7) is 4.31. The highest BCUT2D eigenvalue weighted by molar-refractivity contribution is 9.10. The van der Waals surface area contributed by atoms with Crippen LogP contribution in [0.4, 0.5) is 5.69 Å². The summed E-state index contributed by atoms with van der Waals surface area (Å²) in [4.78, 5) is 10.4. The van der Waals surface area contributed by atoms with Crippen molar-refractivity contribution in [3.63, 3.8) is 0 Å². The summed E-state index contributed by atoms with van der Waals surface area (Å²) in [5.41, 5.74) is 0.109. The number of nitro benzene ring substituents is 1. The highest BCUT2D eigenvalue weighted by Gasteiger charge is 2.21. The molecule has 9 heteroatoms. The average molecular weight is 380 g/mol. The molecule has 0 aliphatic carbocycles. The van der Waals surface area contributed by atoms with Crippen molar-refractivity contribution in [1.29, 1.82) is 0 Å². The minimum absolute atomic E-state index is 0.00261. The van der Waals surface area contributed by atoms with Crippen LogP contribution in [0.3, 0.4) is 0 Å². The van der Waals surface area contributed by atoms with Crippen LogP contribution in [0.25, 0.3) is 0 Å². The van der Waals surface area contributed by atoms with Crippen LogP contribution in [0, 0.1) is 10.1 Å². The third kappa shape index (κ3) is 6.51. The van der Waals surface area contributed by atoms with Gasteiger partial charge in [-0.25, -0.2) is 13.1 Å². The third-order valence-corrected chi connectivity index (χ3v) is 4.16. The number of benzene rings is 1. The zero-order valence-corrected chi connectivity index (χ0v) is 14.4. The molecule has 1 aromatic carbocycles. The van der Waals surface area contributed by atoms with Gasteiger partial charge in [0.2, 0.25) is 10.0 Å². The molecule has 0 spiro atoms. The Morgan fingerprint density at radius 3 is 2.52 bits per heavy atom. The van der Waals surface area contributed by atoms with Gasteiger partial charge in [0.25, 0.3) is 5.69 Å². The van der Waals surface area contributed by atoms with Crippen LogP contribution in [0.1, 0.15) is 19.4 Å². The summed E-state index contributed by atoms with van der Waals surface area (Å²) < 4.78 is 25.4. The second kappa shape index (κ2) is 6.82. The van der Waals surface area contributed by atoms with Crippen LogP contribution in [0.5, 0.6) is 0 Å². The number of nitrogens with one attached hydrogen (secondary N) is 2. The van der Waals surface area contributed by atoms with Gasteiger partial charge in [0.15, 0.2) is 0 Å². The first-order valence-electron chi connectivity index (χ1n) is 6.13. The van der Waals surface area contributed by atoms with Crippen molar-refractivity contribution in [2.75, 3.05) is 12.8 Å². The van der Waals surface area contributed by atoms with Crippen molar-refractivity contribution < 1.29 is 13.3 Å². The lowest BCUT2D eigenvalue weighted by Gasteiger charge is -2.25. The lowest BCUT2D eigenvalue weighted by Crippen LogP contribution is -2.49. The van der Waals surface area contributed by atoms with Crippen LogP contribution < -0.4 is 10.0 Å². The molecule has 0 fully saturated rings. The molecular formula is C12H18BrN3O4S. The van der Waals surface area contributed by atoms with Gasteiger partial charge in [0.1, 0.15) is 0 Å².